The van der Waals surface area contributed by atoms with Crippen molar-refractivity contribution in [2.45, 2.75) is 31.5 Å². The van der Waals surface area contributed by atoms with Crippen molar-refractivity contribution in [1.29, 1.82) is 0 Å². The third-order valence-electron chi connectivity index (χ3n) is 3.15. The summed E-state index contributed by atoms with van der Waals surface area (Å²) in [4.78, 5) is 4.13. The number of nitrogens with two attached hydrogens (primary N) is 1. The predicted octanol–water partition coefficient (Wildman–Crippen LogP) is 3.69. The van der Waals surface area contributed by atoms with Crippen LogP contribution in [0.15, 0.2) is 18.2 Å². The smallest absolute Gasteiger partial charge is 0.419 e. The first-order chi connectivity index (χ1) is 9.97. The maximum Gasteiger partial charge on any atom is 0.419 e. The molecule has 0 bridgehead atoms. The fraction of sp³-hybridized carbons (Fsp3) is 0.385. The van der Waals surface area contributed by atoms with Gasteiger partial charge in [-0.1, -0.05) is 6.07 Å². The maximum absolute atomic E-state index is 13.1. The lowest BCUT2D eigenvalue weighted by Crippen LogP contribution is -2.09. The second-order valence-electron chi connectivity index (χ2n) is 4.83. The Morgan fingerprint density at radius 1 is 1.33 bits per heavy atom. The van der Waals surface area contributed by atoms with E-state index in [0.717, 1.165) is 30.4 Å². The lowest BCUT2D eigenvalue weighted by Gasteiger charge is -2.13. The molecule has 1 aliphatic carbocycles. The van der Waals surface area contributed by atoms with Crippen LogP contribution in [0.4, 0.5) is 13.2 Å². The van der Waals surface area contributed by atoms with Crippen molar-refractivity contribution >= 4 is 11.5 Å². The average Bonchev–Trinajstić information content (AvgIpc) is 3.19. The molecule has 0 aliphatic heterocycles. The molecule has 0 radical (unpaired) electrons. The molecular weight excluding hydrogens is 303 g/mol. The zero-order chi connectivity index (χ0) is 15.0. The van der Waals surface area contributed by atoms with E-state index in [9.17, 15) is 13.2 Å². The van der Waals surface area contributed by atoms with Crippen molar-refractivity contribution in [3.63, 3.8) is 0 Å². The monoisotopic (exact) mass is 315 g/mol. The summed E-state index contributed by atoms with van der Waals surface area (Å²) in [5, 5.41) is 0.128. The topological polar surface area (TPSA) is 61.0 Å². The van der Waals surface area contributed by atoms with Gasteiger partial charge in [0.15, 0.2) is 0 Å². The van der Waals surface area contributed by atoms with Crippen molar-refractivity contribution < 1.29 is 17.9 Å². The number of hydrogen-bond acceptors (Lipinski definition) is 5. The lowest BCUT2D eigenvalue weighted by molar-refractivity contribution is -0.138. The van der Waals surface area contributed by atoms with Gasteiger partial charge in [0.05, 0.1) is 5.56 Å². The highest BCUT2D eigenvalue weighted by molar-refractivity contribution is 7.07. The molecule has 4 nitrogen and oxygen atoms in total. The van der Waals surface area contributed by atoms with Gasteiger partial charge in [0.2, 0.25) is 0 Å². The minimum absolute atomic E-state index is 0.0357. The molecule has 0 unspecified atom stereocenters. The van der Waals surface area contributed by atoms with Gasteiger partial charge in [-0.15, -0.1) is 0 Å². The van der Waals surface area contributed by atoms with Crippen LogP contribution in [-0.4, -0.2) is 9.36 Å². The molecule has 1 aromatic heterocycles. The predicted molar refractivity (Wildman–Crippen MR) is 71.3 cm³/mol. The van der Waals surface area contributed by atoms with Crippen LogP contribution in [0.3, 0.4) is 0 Å². The van der Waals surface area contributed by atoms with Crippen LogP contribution in [0.1, 0.15) is 35.7 Å². The highest BCUT2D eigenvalue weighted by Gasteiger charge is 2.35. The van der Waals surface area contributed by atoms with Crippen LogP contribution >= 0.6 is 11.5 Å². The van der Waals surface area contributed by atoms with E-state index in [0.29, 0.717) is 17.3 Å². The summed E-state index contributed by atoms with van der Waals surface area (Å²) in [5.74, 6) is 0.709. The van der Waals surface area contributed by atoms with Crippen molar-refractivity contribution in [2.75, 3.05) is 0 Å². The van der Waals surface area contributed by atoms with E-state index in [1.165, 1.54) is 12.1 Å². The number of ether oxygens (including phenoxy) is 1. The zero-order valence-corrected chi connectivity index (χ0v) is 11.7. The Labute approximate surface area is 122 Å². The molecule has 1 heterocycles. The Morgan fingerprint density at radius 3 is 2.71 bits per heavy atom. The normalized spacial score (nSPS) is 15.2. The first kappa shape index (κ1) is 14.3. The summed E-state index contributed by atoms with van der Waals surface area (Å²) in [6.07, 6.45) is -2.46. The van der Waals surface area contributed by atoms with E-state index in [4.69, 9.17) is 10.5 Å². The summed E-state index contributed by atoms with van der Waals surface area (Å²) < 4.78 is 48.6. The number of halogens is 3. The van der Waals surface area contributed by atoms with E-state index in [2.05, 4.69) is 9.36 Å². The zero-order valence-electron chi connectivity index (χ0n) is 10.9. The summed E-state index contributed by atoms with van der Waals surface area (Å²) in [6.45, 7) is 0.0357. The Hall–Kier alpha value is -1.67. The molecule has 21 heavy (non-hydrogen) atoms. The fourth-order valence-electron chi connectivity index (χ4n) is 1.88. The van der Waals surface area contributed by atoms with Crippen molar-refractivity contribution in [1.82, 2.24) is 9.36 Å². The Kier molecular flexibility index (Phi) is 3.58. The van der Waals surface area contributed by atoms with Crippen molar-refractivity contribution in [3.8, 4) is 10.9 Å². The van der Waals surface area contributed by atoms with Crippen LogP contribution in [0, 0.1) is 0 Å². The molecule has 0 spiro atoms. The first-order valence-corrected chi connectivity index (χ1v) is 7.16. The number of hydrogen-bond donors (Lipinski definition) is 1. The van der Waals surface area contributed by atoms with E-state index in [1.807, 2.05) is 0 Å². The minimum Gasteiger partial charge on any atom is -0.429 e. The lowest BCUT2D eigenvalue weighted by atomic mass is 10.1. The third-order valence-corrected chi connectivity index (χ3v) is 3.76. The van der Waals surface area contributed by atoms with Crippen LogP contribution in [0.25, 0.3) is 0 Å². The standard InChI is InChI=1S/C13H12F3N3OS/c14-13(15,16)9-5-7(6-17)1-4-10(9)20-12-18-11(19-21-12)8-2-3-8/h1,4-5,8H,2-3,6,17H2. The number of nitrogens with zero attached hydrogens (tertiary/aromatic N) is 2. The molecule has 0 saturated heterocycles. The number of rotatable bonds is 4. The number of benzene rings is 1. The molecule has 2 aromatic rings. The van der Waals surface area contributed by atoms with Crippen molar-refractivity contribution in [2.24, 2.45) is 5.73 Å². The molecule has 8 heteroatoms. The van der Waals surface area contributed by atoms with E-state index < -0.39 is 11.7 Å². The highest BCUT2D eigenvalue weighted by atomic mass is 32.1. The maximum atomic E-state index is 13.1. The first-order valence-electron chi connectivity index (χ1n) is 6.39. The molecule has 0 atom stereocenters. The highest BCUT2D eigenvalue weighted by Crippen LogP contribution is 2.42. The molecule has 1 aromatic carbocycles. The Balaban J connectivity index is 1.89. The quantitative estimate of drug-likeness (QED) is 0.935. The van der Waals surface area contributed by atoms with Gasteiger partial charge in [-0.3, -0.25) is 0 Å². The molecular formula is C13H12F3N3OS. The van der Waals surface area contributed by atoms with Gasteiger partial charge in [0, 0.05) is 24.0 Å². The molecule has 3 rings (SSSR count). The average molecular weight is 315 g/mol. The molecule has 0 amide bonds. The van der Waals surface area contributed by atoms with Gasteiger partial charge in [0.25, 0.3) is 5.19 Å². The molecule has 2 N–H and O–H groups in total. The van der Waals surface area contributed by atoms with Gasteiger partial charge in [0.1, 0.15) is 11.6 Å². The summed E-state index contributed by atoms with van der Waals surface area (Å²) in [5.41, 5.74) is 4.92. The van der Waals surface area contributed by atoms with Gasteiger partial charge in [-0.05, 0) is 30.5 Å². The molecule has 112 valence electrons. The van der Waals surface area contributed by atoms with Crippen LogP contribution in [0.5, 0.6) is 10.9 Å². The minimum atomic E-state index is -4.51. The second kappa shape index (κ2) is 5.27. The van der Waals surface area contributed by atoms with E-state index in [-0.39, 0.29) is 17.5 Å². The molecule has 1 saturated carbocycles. The second-order valence-corrected chi connectivity index (χ2v) is 5.54. The number of aromatic nitrogens is 2. The van der Waals surface area contributed by atoms with Crippen LogP contribution in [-0.2, 0) is 12.7 Å². The van der Waals surface area contributed by atoms with Crippen molar-refractivity contribution in [3.05, 3.63) is 35.2 Å². The van der Waals surface area contributed by atoms with Crippen LogP contribution < -0.4 is 10.5 Å². The van der Waals surface area contributed by atoms with E-state index >= 15 is 0 Å². The van der Waals surface area contributed by atoms with Gasteiger partial charge >= 0.3 is 6.18 Å². The fourth-order valence-corrected chi connectivity index (χ4v) is 2.50. The van der Waals surface area contributed by atoms with E-state index in [1.54, 1.807) is 0 Å². The molecule has 1 fully saturated rings. The summed E-state index contributed by atoms with van der Waals surface area (Å²) in [6, 6.07) is 3.77. The largest absolute Gasteiger partial charge is 0.429 e. The van der Waals surface area contributed by atoms with Crippen LogP contribution in [0.2, 0.25) is 0 Å². The summed E-state index contributed by atoms with van der Waals surface area (Å²) in [7, 11) is 0. The van der Waals surface area contributed by atoms with Gasteiger partial charge in [-0.25, -0.2) is 0 Å². The number of alkyl halides is 3. The third kappa shape index (κ3) is 3.16. The summed E-state index contributed by atoms with van der Waals surface area (Å²) >= 11 is 0.967. The van der Waals surface area contributed by atoms with Gasteiger partial charge < -0.3 is 10.5 Å². The molecule has 1 aliphatic rings. The Morgan fingerprint density at radius 2 is 2.10 bits per heavy atom. The van der Waals surface area contributed by atoms with Gasteiger partial charge in [-0.2, -0.15) is 22.5 Å². The Bertz CT molecular complexity index is 652. The SMILES string of the molecule is NCc1ccc(Oc2nc(C3CC3)ns2)c(C(F)(F)F)c1.